The second kappa shape index (κ2) is 8.47. The van der Waals surface area contributed by atoms with E-state index in [9.17, 15) is 14.7 Å². The summed E-state index contributed by atoms with van der Waals surface area (Å²) in [5.41, 5.74) is 0.547. The third kappa shape index (κ3) is 5.52. The number of carboxylic acids is 1. The smallest absolute Gasteiger partial charge is 0.330 e. The molecule has 0 heterocycles. The molecule has 0 aliphatic carbocycles. The van der Waals surface area contributed by atoms with Crippen molar-refractivity contribution in [1.29, 1.82) is 0 Å². The fourth-order valence-electron chi connectivity index (χ4n) is 1.67. The van der Waals surface area contributed by atoms with Crippen LogP contribution in [-0.4, -0.2) is 34.7 Å². The van der Waals surface area contributed by atoms with Gasteiger partial charge in [-0.05, 0) is 18.2 Å². The first kappa shape index (κ1) is 16.4. The Morgan fingerprint density at radius 2 is 1.90 bits per heavy atom. The van der Waals surface area contributed by atoms with Crippen LogP contribution < -0.4 is 10.6 Å². The van der Waals surface area contributed by atoms with E-state index in [1.807, 2.05) is 13.8 Å². The second-order valence-corrected chi connectivity index (χ2v) is 5.68. The molecule has 0 aliphatic heterocycles. The first-order valence-corrected chi connectivity index (χ1v) is 7.62. The Morgan fingerprint density at radius 3 is 2.45 bits per heavy atom. The van der Waals surface area contributed by atoms with Gasteiger partial charge in [0.05, 0.1) is 0 Å². The van der Waals surface area contributed by atoms with Crippen molar-refractivity contribution in [1.82, 2.24) is 10.6 Å². The Morgan fingerprint density at radius 1 is 1.25 bits per heavy atom. The summed E-state index contributed by atoms with van der Waals surface area (Å²) >= 11 is 1.72. The van der Waals surface area contributed by atoms with Gasteiger partial charge in [0.2, 0.25) is 0 Å². The number of rotatable bonds is 7. The van der Waals surface area contributed by atoms with E-state index in [0.29, 0.717) is 5.56 Å². The quantitative estimate of drug-likeness (QED) is 0.721. The average Bonchev–Trinajstić information content (AvgIpc) is 2.43. The molecule has 0 fully saturated rings. The Labute approximate surface area is 123 Å². The van der Waals surface area contributed by atoms with Crippen LogP contribution in [0.25, 0.3) is 0 Å². The zero-order valence-electron chi connectivity index (χ0n) is 11.6. The van der Waals surface area contributed by atoms with Crippen LogP contribution in [0.4, 0.5) is 4.79 Å². The molecule has 0 aliphatic rings. The summed E-state index contributed by atoms with van der Waals surface area (Å²) in [5.74, 6) is 0.699. The molecule has 2 atom stereocenters. The summed E-state index contributed by atoms with van der Waals surface area (Å²) in [5, 5.41) is 14.4. The predicted molar refractivity (Wildman–Crippen MR) is 80.9 cm³/mol. The van der Waals surface area contributed by atoms with Crippen LogP contribution in [0.15, 0.2) is 30.3 Å². The van der Waals surface area contributed by atoms with Gasteiger partial charge in [-0.3, -0.25) is 0 Å². The van der Waals surface area contributed by atoms with Crippen LogP contribution in [0.5, 0.6) is 0 Å². The fraction of sp³-hybridized carbons (Fsp3) is 0.429. The zero-order chi connectivity index (χ0) is 15.0. The Bertz CT molecular complexity index is 439. The van der Waals surface area contributed by atoms with Gasteiger partial charge < -0.3 is 15.7 Å². The molecule has 0 radical (unpaired) electrons. The number of aliphatic carboxylic acids is 1. The molecular formula is C14H20N2O3S. The van der Waals surface area contributed by atoms with E-state index in [2.05, 4.69) is 10.6 Å². The van der Waals surface area contributed by atoms with Gasteiger partial charge in [0.25, 0.3) is 0 Å². The molecule has 5 nitrogen and oxygen atoms in total. The molecular weight excluding hydrogens is 276 g/mol. The SMILES string of the molecule is CCSCC(C)NC(=O)N[C@@H](C(=O)O)c1ccccc1. The van der Waals surface area contributed by atoms with E-state index in [0.717, 1.165) is 11.5 Å². The molecule has 0 spiro atoms. The molecule has 6 heteroatoms. The van der Waals surface area contributed by atoms with Crippen molar-refractivity contribution in [3.8, 4) is 0 Å². The minimum atomic E-state index is -1.08. The molecule has 0 saturated carbocycles. The number of urea groups is 1. The second-order valence-electron chi connectivity index (χ2n) is 4.36. The van der Waals surface area contributed by atoms with E-state index in [1.54, 1.807) is 42.1 Å². The summed E-state index contributed by atoms with van der Waals surface area (Å²) in [6, 6.07) is 7.12. The van der Waals surface area contributed by atoms with Crippen molar-refractivity contribution in [3.63, 3.8) is 0 Å². The minimum Gasteiger partial charge on any atom is -0.479 e. The monoisotopic (exact) mass is 296 g/mol. The number of hydrogen-bond donors (Lipinski definition) is 3. The van der Waals surface area contributed by atoms with Gasteiger partial charge in [-0.1, -0.05) is 37.3 Å². The molecule has 1 aromatic carbocycles. The molecule has 20 heavy (non-hydrogen) atoms. The number of carbonyl (C=O) groups is 2. The Kier molecular flexibility index (Phi) is 6.93. The number of carbonyl (C=O) groups excluding carboxylic acids is 1. The Hall–Kier alpha value is -1.69. The molecule has 0 bridgehead atoms. The minimum absolute atomic E-state index is 0.00910. The number of amides is 2. The van der Waals surface area contributed by atoms with Crippen molar-refractivity contribution in [3.05, 3.63) is 35.9 Å². The van der Waals surface area contributed by atoms with Crippen LogP contribution in [0, 0.1) is 0 Å². The van der Waals surface area contributed by atoms with Gasteiger partial charge in [0.1, 0.15) is 0 Å². The van der Waals surface area contributed by atoms with E-state index in [-0.39, 0.29) is 6.04 Å². The number of carboxylic acid groups (broad SMARTS) is 1. The van der Waals surface area contributed by atoms with Gasteiger partial charge in [0, 0.05) is 11.8 Å². The normalized spacial score (nSPS) is 13.3. The van der Waals surface area contributed by atoms with E-state index in [1.165, 1.54) is 0 Å². The van der Waals surface area contributed by atoms with Crippen LogP contribution in [0.2, 0.25) is 0 Å². The van der Waals surface area contributed by atoms with Gasteiger partial charge in [0.15, 0.2) is 6.04 Å². The summed E-state index contributed by atoms with van der Waals surface area (Å²) in [6.45, 7) is 3.94. The molecule has 1 unspecified atom stereocenters. The average molecular weight is 296 g/mol. The van der Waals surface area contributed by atoms with Crippen LogP contribution in [-0.2, 0) is 4.79 Å². The molecule has 1 aromatic rings. The van der Waals surface area contributed by atoms with E-state index >= 15 is 0 Å². The number of nitrogens with one attached hydrogen (secondary N) is 2. The number of benzene rings is 1. The zero-order valence-corrected chi connectivity index (χ0v) is 12.4. The predicted octanol–water partition coefficient (Wildman–Crippen LogP) is 2.25. The van der Waals surface area contributed by atoms with Crippen molar-refractivity contribution in [2.75, 3.05) is 11.5 Å². The third-order valence-corrected chi connectivity index (χ3v) is 3.75. The lowest BCUT2D eigenvalue weighted by Gasteiger charge is -2.18. The summed E-state index contributed by atoms with van der Waals surface area (Å²) in [6.07, 6.45) is 0. The van der Waals surface area contributed by atoms with Crippen molar-refractivity contribution >= 4 is 23.8 Å². The topological polar surface area (TPSA) is 78.4 Å². The van der Waals surface area contributed by atoms with Gasteiger partial charge in [-0.2, -0.15) is 11.8 Å². The van der Waals surface area contributed by atoms with Gasteiger partial charge in [-0.25, -0.2) is 9.59 Å². The van der Waals surface area contributed by atoms with Crippen LogP contribution in [0.3, 0.4) is 0 Å². The lowest BCUT2D eigenvalue weighted by atomic mass is 10.1. The van der Waals surface area contributed by atoms with Crippen molar-refractivity contribution in [2.24, 2.45) is 0 Å². The van der Waals surface area contributed by atoms with Crippen LogP contribution in [0.1, 0.15) is 25.5 Å². The highest BCUT2D eigenvalue weighted by atomic mass is 32.2. The summed E-state index contributed by atoms with van der Waals surface area (Å²) in [4.78, 5) is 23.1. The van der Waals surface area contributed by atoms with Crippen molar-refractivity contribution in [2.45, 2.75) is 25.9 Å². The molecule has 110 valence electrons. The summed E-state index contributed by atoms with van der Waals surface area (Å²) in [7, 11) is 0. The van der Waals surface area contributed by atoms with Crippen molar-refractivity contribution < 1.29 is 14.7 Å². The maximum Gasteiger partial charge on any atom is 0.330 e. The fourth-order valence-corrected chi connectivity index (χ4v) is 2.34. The maximum atomic E-state index is 11.8. The largest absolute Gasteiger partial charge is 0.479 e. The first-order chi connectivity index (χ1) is 9.54. The maximum absolute atomic E-state index is 11.8. The molecule has 3 N–H and O–H groups in total. The number of hydrogen-bond acceptors (Lipinski definition) is 3. The molecule has 1 rings (SSSR count). The van der Waals surface area contributed by atoms with Gasteiger partial charge in [-0.15, -0.1) is 0 Å². The molecule has 0 aromatic heterocycles. The van der Waals surface area contributed by atoms with Crippen LogP contribution >= 0.6 is 11.8 Å². The highest BCUT2D eigenvalue weighted by molar-refractivity contribution is 7.99. The first-order valence-electron chi connectivity index (χ1n) is 6.47. The number of thioether (sulfide) groups is 1. The molecule has 0 saturated heterocycles. The standard InChI is InChI=1S/C14H20N2O3S/c1-3-20-9-10(2)15-14(19)16-12(13(17)18)11-7-5-4-6-8-11/h4-8,10,12H,3,9H2,1-2H3,(H,17,18)(H2,15,16,19)/t10?,12-/m1/s1. The lowest BCUT2D eigenvalue weighted by molar-refractivity contribution is -0.139. The van der Waals surface area contributed by atoms with E-state index < -0.39 is 18.0 Å². The highest BCUT2D eigenvalue weighted by Crippen LogP contribution is 2.12. The highest BCUT2D eigenvalue weighted by Gasteiger charge is 2.22. The lowest BCUT2D eigenvalue weighted by Crippen LogP contribution is -2.45. The van der Waals surface area contributed by atoms with Gasteiger partial charge >= 0.3 is 12.0 Å². The molecule has 2 amide bonds. The Balaban J connectivity index is 2.59. The summed E-state index contributed by atoms with van der Waals surface area (Å²) < 4.78 is 0. The van der Waals surface area contributed by atoms with E-state index in [4.69, 9.17) is 0 Å². The third-order valence-electron chi connectivity index (χ3n) is 2.60.